The van der Waals surface area contributed by atoms with Crippen molar-refractivity contribution in [1.29, 1.82) is 0 Å². The summed E-state index contributed by atoms with van der Waals surface area (Å²) in [5.41, 5.74) is 0.973. The number of nitrogens with zero attached hydrogens (tertiary/aromatic N) is 1. The summed E-state index contributed by atoms with van der Waals surface area (Å²) in [7, 11) is 0. The maximum atomic E-state index is 12.6. The van der Waals surface area contributed by atoms with Crippen molar-refractivity contribution < 1.29 is 14.7 Å². The van der Waals surface area contributed by atoms with Gasteiger partial charge >= 0.3 is 5.97 Å². The minimum absolute atomic E-state index is 0.0481. The lowest BCUT2D eigenvalue weighted by Crippen LogP contribution is -2.33. The van der Waals surface area contributed by atoms with Gasteiger partial charge in [-0.1, -0.05) is 28.1 Å². The number of hydrogen-bond donors (Lipinski definition) is 1. The minimum Gasteiger partial charge on any atom is -0.481 e. The molecule has 1 aromatic carbocycles. The third-order valence-corrected chi connectivity index (χ3v) is 4.83. The standard InChI is InChI=1S/C17H18BrNO3S/c1-12-5-6-15(23-12)10-16(20)19(8-7-17(21)22)11-13-3-2-4-14(18)9-13/h2-6,9H,7-8,10-11H2,1H3,(H,21,22). The monoisotopic (exact) mass is 395 g/mol. The number of thiophene rings is 1. The second kappa shape index (κ2) is 8.26. The Morgan fingerprint density at radius 1 is 1.26 bits per heavy atom. The highest BCUT2D eigenvalue weighted by atomic mass is 79.9. The average molecular weight is 396 g/mol. The van der Waals surface area contributed by atoms with Crippen LogP contribution in [0.2, 0.25) is 0 Å². The van der Waals surface area contributed by atoms with Crippen LogP contribution in [0.25, 0.3) is 0 Å². The van der Waals surface area contributed by atoms with Crippen molar-refractivity contribution in [2.75, 3.05) is 6.54 Å². The van der Waals surface area contributed by atoms with Gasteiger partial charge in [0.1, 0.15) is 0 Å². The fraction of sp³-hybridized carbons (Fsp3) is 0.294. The Kier molecular flexibility index (Phi) is 6.36. The van der Waals surface area contributed by atoms with Crippen LogP contribution in [0.5, 0.6) is 0 Å². The Morgan fingerprint density at radius 3 is 2.65 bits per heavy atom. The van der Waals surface area contributed by atoms with Gasteiger partial charge in [0.2, 0.25) is 5.91 Å². The van der Waals surface area contributed by atoms with Crippen molar-refractivity contribution >= 4 is 39.1 Å². The summed E-state index contributed by atoms with van der Waals surface area (Å²) in [5, 5.41) is 8.90. The van der Waals surface area contributed by atoms with Gasteiger partial charge in [-0.15, -0.1) is 11.3 Å². The van der Waals surface area contributed by atoms with Gasteiger partial charge in [0.25, 0.3) is 0 Å². The predicted molar refractivity (Wildman–Crippen MR) is 94.6 cm³/mol. The lowest BCUT2D eigenvalue weighted by molar-refractivity contribution is -0.138. The topological polar surface area (TPSA) is 57.6 Å². The van der Waals surface area contributed by atoms with Crippen molar-refractivity contribution in [1.82, 2.24) is 4.90 Å². The van der Waals surface area contributed by atoms with Crippen LogP contribution in [0.4, 0.5) is 0 Å². The van der Waals surface area contributed by atoms with Gasteiger partial charge in [0.15, 0.2) is 0 Å². The Balaban J connectivity index is 2.08. The number of benzene rings is 1. The molecule has 0 bridgehead atoms. The SMILES string of the molecule is Cc1ccc(CC(=O)N(CCC(=O)O)Cc2cccc(Br)c2)s1. The molecule has 0 saturated carbocycles. The van der Waals surface area contributed by atoms with Crippen LogP contribution < -0.4 is 0 Å². The lowest BCUT2D eigenvalue weighted by atomic mass is 10.2. The zero-order valence-corrected chi connectivity index (χ0v) is 15.2. The first-order valence-electron chi connectivity index (χ1n) is 7.23. The number of rotatable bonds is 7. The molecule has 23 heavy (non-hydrogen) atoms. The average Bonchev–Trinajstić information content (AvgIpc) is 2.88. The number of carbonyl (C=O) groups excluding carboxylic acids is 1. The molecule has 0 aliphatic rings. The number of aryl methyl sites for hydroxylation is 1. The van der Waals surface area contributed by atoms with Crippen LogP contribution in [0, 0.1) is 6.92 Å². The summed E-state index contributed by atoms with van der Waals surface area (Å²) in [6.07, 6.45) is 0.259. The molecule has 0 aliphatic heterocycles. The molecule has 0 atom stereocenters. The molecular formula is C17H18BrNO3S. The summed E-state index contributed by atoms with van der Waals surface area (Å²) in [4.78, 5) is 27.2. The first-order chi connectivity index (χ1) is 10.9. The number of aliphatic carboxylic acids is 1. The molecule has 6 heteroatoms. The molecule has 4 nitrogen and oxygen atoms in total. The number of hydrogen-bond acceptors (Lipinski definition) is 3. The molecule has 2 rings (SSSR count). The van der Waals surface area contributed by atoms with Crippen molar-refractivity contribution in [2.24, 2.45) is 0 Å². The number of carboxylic acid groups (broad SMARTS) is 1. The van der Waals surface area contributed by atoms with Gasteiger partial charge in [0, 0.05) is 27.3 Å². The molecule has 2 aromatic rings. The van der Waals surface area contributed by atoms with E-state index in [-0.39, 0.29) is 18.9 Å². The smallest absolute Gasteiger partial charge is 0.305 e. The molecular weight excluding hydrogens is 378 g/mol. The third-order valence-electron chi connectivity index (χ3n) is 3.33. The summed E-state index contributed by atoms with van der Waals surface area (Å²) in [6.45, 7) is 2.63. The number of carboxylic acids is 1. The minimum atomic E-state index is -0.899. The number of amides is 1. The Labute approximate surface area is 147 Å². The van der Waals surface area contributed by atoms with E-state index in [1.165, 1.54) is 0 Å². The van der Waals surface area contributed by atoms with Crippen LogP contribution in [-0.2, 0) is 22.6 Å². The zero-order valence-electron chi connectivity index (χ0n) is 12.8. The molecule has 122 valence electrons. The summed E-state index contributed by atoms with van der Waals surface area (Å²) in [5.74, 6) is -0.947. The van der Waals surface area contributed by atoms with Crippen LogP contribution in [0.15, 0.2) is 40.9 Å². The first kappa shape index (κ1) is 17.7. The van der Waals surface area contributed by atoms with Crippen LogP contribution >= 0.6 is 27.3 Å². The molecule has 0 fully saturated rings. The van der Waals surface area contributed by atoms with E-state index in [9.17, 15) is 9.59 Å². The van der Waals surface area contributed by atoms with E-state index in [4.69, 9.17) is 5.11 Å². The fourth-order valence-corrected chi connectivity index (χ4v) is 3.55. The van der Waals surface area contributed by atoms with E-state index < -0.39 is 5.97 Å². The zero-order chi connectivity index (χ0) is 16.8. The number of halogens is 1. The Bertz CT molecular complexity index is 699. The largest absolute Gasteiger partial charge is 0.481 e. The van der Waals surface area contributed by atoms with Crippen LogP contribution in [-0.4, -0.2) is 28.4 Å². The van der Waals surface area contributed by atoms with E-state index in [0.717, 1.165) is 19.8 Å². The van der Waals surface area contributed by atoms with E-state index in [0.29, 0.717) is 13.0 Å². The molecule has 0 saturated heterocycles. The molecule has 1 heterocycles. The first-order valence-corrected chi connectivity index (χ1v) is 8.84. The highest BCUT2D eigenvalue weighted by Gasteiger charge is 2.16. The van der Waals surface area contributed by atoms with Gasteiger partial charge in [-0.3, -0.25) is 9.59 Å². The quantitative estimate of drug-likeness (QED) is 0.773. The lowest BCUT2D eigenvalue weighted by Gasteiger charge is -2.22. The normalized spacial score (nSPS) is 10.5. The van der Waals surface area contributed by atoms with Gasteiger partial charge in [-0.25, -0.2) is 0 Å². The molecule has 0 spiro atoms. The fourth-order valence-electron chi connectivity index (χ4n) is 2.22. The maximum Gasteiger partial charge on any atom is 0.305 e. The van der Waals surface area contributed by atoms with E-state index in [1.54, 1.807) is 16.2 Å². The van der Waals surface area contributed by atoms with Crippen molar-refractivity contribution in [3.8, 4) is 0 Å². The second-order valence-corrected chi connectivity index (χ2v) is 7.57. The molecule has 0 unspecified atom stereocenters. The highest BCUT2D eigenvalue weighted by Crippen LogP contribution is 2.18. The predicted octanol–water partition coefficient (Wildman–Crippen LogP) is 3.87. The molecule has 0 radical (unpaired) electrons. The third kappa shape index (κ3) is 5.80. The van der Waals surface area contributed by atoms with Gasteiger partial charge in [-0.05, 0) is 36.8 Å². The van der Waals surface area contributed by atoms with E-state index in [2.05, 4.69) is 15.9 Å². The molecule has 1 aromatic heterocycles. The van der Waals surface area contributed by atoms with Crippen molar-refractivity contribution in [3.63, 3.8) is 0 Å². The maximum absolute atomic E-state index is 12.6. The summed E-state index contributed by atoms with van der Waals surface area (Å²) < 4.78 is 0.939. The van der Waals surface area contributed by atoms with Crippen molar-refractivity contribution in [3.05, 3.63) is 56.2 Å². The van der Waals surface area contributed by atoms with Gasteiger partial charge in [-0.2, -0.15) is 0 Å². The summed E-state index contributed by atoms with van der Waals surface area (Å²) >= 11 is 5.01. The van der Waals surface area contributed by atoms with Crippen LogP contribution in [0.3, 0.4) is 0 Å². The summed E-state index contributed by atoms with van der Waals surface area (Å²) in [6, 6.07) is 11.6. The second-order valence-electron chi connectivity index (χ2n) is 5.28. The Morgan fingerprint density at radius 2 is 2.04 bits per heavy atom. The van der Waals surface area contributed by atoms with Gasteiger partial charge < -0.3 is 10.0 Å². The van der Waals surface area contributed by atoms with E-state index in [1.807, 2.05) is 43.3 Å². The van der Waals surface area contributed by atoms with Crippen molar-refractivity contribution in [2.45, 2.75) is 26.3 Å². The molecule has 0 aliphatic carbocycles. The molecule has 1 N–H and O–H groups in total. The van der Waals surface area contributed by atoms with E-state index >= 15 is 0 Å². The Hall–Kier alpha value is -1.66. The van der Waals surface area contributed by atoms with Crippen LogP contribution in [0.1, 0.15) is 21.7 Å². The number of carbonyl (C=O) groups is 2. The highest BCUT2D eigenvalue weighted by molar-refractivity contribution is 9.10. The molecule has 1 amide bonds. The van der Waals surface area contributed by atoms with Gasteiger partial charge in [0.05, 0.1) is 12.8 Å².